The summed E-state index contributed by atoms with van der Waals surface area (Å²) in [4.78, 5) is 39.2. The van der Waals surface area contributed by atoms with Gasteiger partial charge in [0, 0.05) is 25.0 Å². The van der Waals surface area contributed by atoms with Crippen molar-refractivity contribution in [3.63, 3.8) is 0 Å². The molecule has 0 saturated heterocycles. The Balaban J connectivity index is 1.85. The molecule has 0 aliphatic rings. The van der Waals surface area contributed by atoms with Gasteiger partial charge in [0.2, 0.25) is 0 Å². The molecule has 0 atom stereocenters. The van der Waals surface area contributed by atoms with Crippen LogP contribution in [0.15, 0.2) is 54.9 Å². The summed E-state index contributed by atoms with van der Waals surface area (Å²) in [6, 6.07) is 11.0. The van der Waals surface area contributed by atoms with Gasteiger partial charge in [-0.15, -0.1) is 0 Å². The first-order chi connectivity index (χ1) is 17.0. The topological polar surface area (TPSA) is 166 Å². The minimum Gasteiger partial charge on any atom is -0.382 e. The molecule has 11 nitrogen and oxygen atoms in total. The number of pyridine rings is 1. The molecule has 5 N–H and O–H groups in total. The van der Waals surface area contributed by atoms with E-state index in [-0.39, 0.29) is 22.9 Å². The first-order valence-electron chi connectivity index (χ1n) is 11.0. The van der Waals surface area contributed by atoms with E-state index in [0.717, 1.165) is 5.56 Å². The molecule has 0 saturated carbocycles. The number of benzene rings is 1. The molecule has 0 spiro atoms. The number of nitrogens with zero attached hydrogens (tertiary/aromatic N) is 6. The smallest absolute Gasteiger partial charge is 0.325 e. The van der Waals surface area contributed by atoms with Crippen LogP contribution in [0, 0.1) is 6.92 Å². The SMILES string of the molecule is Cc1ccc(-c2ccnc(C(C)(C)O)n2)cc1N(C(N)=O)c1ccc(C(N)=O)c(-c2ccn(C)n2)n1. The first kappa shape index (κ1) is 24.5. The number of carbonyl (C=O) groups is 2. The van der Waals surface area contributed by atoms with Gasteiger partial charge in [0.05, 0.1) is 16.9 Å². The number of nitrogens with two attached hydrogens (primary N) is 2. The summed E-state index contributed by atoms with van der Waals surface area (Å²) >= 11 is 0. The molecule has 4 rings (SSSR count). The maximum atomic E-state index is 12.7. The molecule has 0 fully saturated rings. The van der Waals surface area contributed by atoms with Gasteiger partial charge >= 0.3 is 6.03 Å². The van der Waals surface area contributed by atoms with Crippen LogP contribution in [0.5, 0.6) is 0 Å². The Morgan fingerprint density at radius 3 is 2.39 bits per heavy atom. The van der Waals surface area contributed by atoms with E-state index in [1.807, 2.05) is 19.1 Å². The van der Waals surface area contributed by atoms with Crippen LogP contribution in [0.2, 0.25) is 0 Å². The summed E-state index contributed by atoms with van der Waals surface area (Å²) in [5.41, 5.74) is 13.4. The summed E-state index contributed by atoms with van der Waals surface area (Å²) < 4.78 is 1.57. The molecule has 0 aliphatic carbocycles. The monoisotopic (exact) mass is 486 g/mol. The fourth-order valence-corrected chi connectivity index (χ4v) is 3.69. The highest BCUT2D eigenvalue weighted by Crippen LogP contribution is 2.33. The maximum absolute atomic E-state index is 12.7. The molecule has 36 heavy (non-hydrogen) atoms. The maximum Gasteiger partial charge on any atom is 0.325 e. The van der Waals surface area contributed by atoms with E-state index in [0.29, 0.717) is 22.6 Å². The molecule has 1 aromatic carbocycles. The Morgan fingerprint density at radius 2 is 1.78 bits per heavy atom. The molecule has 0 unspecified atom stereocenters. The molecule has 3 amide bonds. The summed E-state index contributed by atoms with van der Waals surface area (Å²) in [5.74, 6) is -0.226. The third kappa shape index (κ3) is 4.77. The second-order valence-corrected chi connectivity index (χ2v) is 8.80. The average Bonchev–Trinajstić information content (AvgIpc) is 3.25. The van der Waals surface area contributed by atoms with Crippen LogP contribution < -0.4 is 16.4 Å². The second kappa shape index (κ2) is 9.19. The normalized spacial score (nSPS) is 11.4. The van der Waals surface area contributed by atoms with Crippen LogP contribution in [-0.4, -0.2) is 41.8 Å². The molecule has 0 aliphatic heterocycles. The van der Waals surface area contributed by atoms with Gasteiger partial charge in [0.25, 0.3) is 5.91 Å². The molecule has 0 radical (unpaired) electrons. The van der Waals surface area contributed by atoms with Gasteiger partial charge in [-0.05, 0) is 56.7 Å². The van der Waals surface area contributed by atoms with E-state index in [2.05, 4.69) is 20.1 Å². The van der Waals surface area contributed by atoms with E-state index in [9.17, 15) is 14.7 Å². The first-order valence-corrected chi connectivity index (χ1v) is 11.0. The highest BCUT2D eigenvalue weighted by Gasteiger charge is 2.24. The molecule has 184 valence electrons. The van der Waals surface area contributed by atoms with Crippen LogP contribution in [0.25, 0.3) is 22.6 Å². The zero-order valence-corrected chi connectivity index (χ0v) is 20.3. The second-order valence-electron chi connectivity index (χ2n) is 8.80. The quantitative estimate of drug-likeness (QED) is 0.377. The summed E-state index contributed by atoms with van der Waals surface area (Å²) in [5, 5.41) is 14.6. The number of aromatic nitrogens is 5. The van der Waals surface area contributed by atoms with E-state index in [1.165, 1.54) is 17.0 Å². The van der Waals surface area contributed by atoms with E-state index >= 15 is 0 Å². The Kier molecular flexibility index (Phi) is 6.25. The van der Waals surface area contributed by atoms with Crippen molar-refractivity contribution in [2.45, 2.75) is 26.4 Å². The van der Waals surface area contributed by atoms with Crippen LogP contribution in [0.4, 0.5) is 16.3 Å². The van der Waals surface area contributed by atoms with Crippen LogP contribution in [0.3, 0.4) is 0 Å². The Labute approximate surface area is 207 Å². The van der Waals surface area contributed by atoms with Crippen molar-refractivity contribution in [3.05, 3.63) is 71.8 Å². The van der Waals surface area contributed by atoms with Crippen molar-refractivity contribution < 1.29 is 14.7 Å². The van der Waals surface area contributed by atoms with Gasteiger partial charge in [-0.2, -0.15) is 5.10 Å². The predicted octanol–water partition coefficient (Wildman–Crippen LogP) is 2.79. The standard InChI is InChI=1S/C25H26N8O3/c1-14-5-6-15(17-9-11-28-23(29-17)25(2,3)36)13-19(14)33(24(27)35)20-8-7-16(22(26)34)21(30-20)18-10-12-32(4)31-18/h5-13,36H,1-4H3,(H2,26,34)(H2,27,35). The largest absolute Gasteiger partial charge is 0.382 e. The summed E-state index contributed by atoms with van der Waals surface area (Å²) in [6.45, 7) is 5.03. The van der Waals surface area contributed by atoms with Gasteiger partial charge in [-0.1, -0.05) is 12.1 Å². The molecule has 11 heteroatoms. The minimum atomic E-state index is -1.23. The summed E-state index contributed by atoms with van der Waals surface area (Å²) in [7, 11) is 1.73. The lowest BCUT2D eigenvalue weighted by Gasteiger charge is -2.23. The van der Waals surface area contributed by atoms with Crippen molar-refractivity contribution in [1.29, 1.82) is 0 Å². The zero-order valence-electron chi connectivity index (χ0n) is 20.3. The highest BCUT2D eigenvalue weighted by atomic mass is 16.3. The van der Waals surface area contributed by atoms with E-state index in [4.69, 9.17) is 11.5 Å². The molecule has 0 bridgehead atoms. The molecule has 4 aromatic rings. The molecular formula is C25H26N8O3. The number of urea groups is 1. The van der Waals surface area contributed by atoms with Crippen LogP contribution in [-0.2, 0) is 12.6 Å². The molecular weight excluding hydrogens is 460 g/mol. The molecule has 3 aromatic heterocycles. The van der Waals surface area contributed by atoms with Crippen LogP contribution in [0.1, 0.15) is 35.6 Å². The van der Waals surface area contributed by atoms with Gasteiger partial charge in [-0.25, -0.2) is 24.6 Å². The van der Waals surface area contributed by atoms with Gasteiger partial charge in [-0.3, -0.25) is 9.48 Å². The van der Waals surface area contributed by atoms with Crippen molar-refractivity contribution in [2.24, 2.45) is 18.5 Å². The Morgan fingerprint density at radius 1 is 1.03 bits per heavy atom. The van der Waals surface area contributed by atoms with Crippen molar-refractivity contribution >= 4 is 23.4 Å². The number of hydrogen-bond acceptors (Lipinski definition) is 7. The number of rotatable bonds is 6. The highest BCUT2D eigenvalue weighted by molar-refractivity contribution is 6.02. The number of hydrogen-bond donors (Lipinski definition) is 3. The van der Waals surface area contributed by atoms with E-state index < -0.39 is 17.5 Å². The van der Waals surface area contributed by atoms with Crippen molar-refractivity contribution in [2.75, 3.05) is 4.90 Å². The molecule has 3 heterocycles. The van der Waals surface area contributed by atoms with E-state index in [1.54, 1.807) is 56.2 Å². The lowest BCUT2D eigenvalue weighted by molar-refractivity contribution is 0.0688. The lowest BCUT2D eigenvalue weighted by atomic mass is 10.0. The van der Waals surface area contributed by atoms with Crippen LogP contribution >= 0.6 is 0 Å². The third-order valence-electron chi connectivity index (χ3n) is 5.50. The number of aliphatic hydroxyl groups is 1. The number of primary amides is 2. The fourth-order valence-electron chi connectivity index (χ4n) is 3.69. The van der Waals surface area contributed by atoms with Gasteiger partial charge < -0.3 is 16.6 Å². The third-order valence-corrected chi connectivity index (χ3v) is 5.50. The Bertz CT molecular complexity index is 1470. The summed E-state index contributed by atoms with van der Waals surface area (Å²) in [6.07, 6.45) is 3.27. The van der Waals surface area contributed by atoms with Crippen molar-refractivity contribution in [3.8, 4) is 22.6 Å². The minimum absolute atomic E-state index is 0.160. The predicted molar refractivity (Wildman–Crippen MR) is 134 cm³/mol. The number of anilines is 2. The van der Waals surface area contributed by atoms with Crippen molar-refractivity contribution in [1.82, 2.24) is 24.7 Å². The van der Waals surface area contributed by atoms with Gasteiger partial charge in [0.1, 0.15) is 22.8 Å². The fraction of sp³-hybridized carbons (Fsp3) is 0.200. The zero-order chi connectivity index (χ0) is 26.2. The number of amides is 3. The lowest BCUT2D eigenvalue weighted by Crippen LogP contribution is -2.33. The number of aryl methyl sites for hydroxylation is 2. The average molecular weight is 487 g/mol. The number of carbonyl (C=O) groups excluding carboxylic acids is 2. The Hall–Kier alpha value is -4.64. The van der Waals surface area contributed by atoms with Gasteiger partial charge in [0.15, 0.2) is 5.82 Å².